The van der Waals surface area contributed by atoms with Crippen LogP contribution in [0, 0.1) is 6.92 Å². The monoisotopic (exact) mass is 253 g/mol. The van der Waals surface area contributed by atoms with Crippen molar-refractivity contribution in [3.8, 4) is 0 Å². The van der Waals surface area contributed by atoms with E-state index in [4.69, 9.17) is 19.8 Å². The predicted octanol–water partition coefficient (Wildman–Crippen LogP) is 2.32. The van der Waals surface area contributed by atoms with Crippen molar-refractivity contribution in [2.75, 3.05) is 12.4 Å². The molecule has 0 saturated carbocycles. The van der Waals surface area contributed by atoms with Gasteiger partial charge in [0.05, 0.1) is 0 Å². The van der Waals surface area contributed by atoms with Crippen LogP contribution >= 0.6 is 0 Å². The third-order valence-electron chi connectivity index (χ3n) is 2.38. The fourth-order valence-electron chi connectivity index (χ4n) is 1.27. The van der Waals surface area contributed by atoms with Gasteiger partial charge < -0.3 is 15.5 Å². The Morgan fingerprint density at radius 1 is 1.17 bits per heavy atom. The number of aliphatic carboxylic acids is 2. The van der Waals surface area contributed by atoms with Crippen LogP contribution in [0.4, 0.5) is 5.69 Å². The maximum absolute atomic E-state index is 9.10. The molecule has 5 nitrogen and oxygen atoms in total. The average Bonchev–Trinajstić information content (AvgIpc) is 2.30. The van der Waals surface area contributed by atoms with Gasteiger partial charge in [0.25, 0.3) is 0 Å². The van der Waals surface area contributed by atoms with E-state index in [0.29, 0.717) is 5.92 Å². The first-order chi connectivity index (χ1) is 8.29. The number of anilines is 1. The lowest BCUT2D eigenvalue weighted by atomic mass is 10.0. The van der Waals surface area contributed by atoms with Crippen molar-refractivity contribution in [1.29, 1.82) is 0 Å². The van der Waals surface area contributed by atoms with Crippen molar-refractivity contribution in [2.24, 2.45) is 0 Å². The van der Waals surface area contributed by atoms with Gasteiger partial charge in [-0.3, -0.25) is 0 Å². The number of carboxylic acids is 2. The lowest BCUT2D eigenvalue weighted by molar-refractivity contribution is -0.159. The molecular formula is C13H19NO4. The number of carbonyl (C=O) groups is 2. The van der Waals surface area contributed by atoms with Crippen molar-refractivity contribution in [2.45, 2.75) is 26.7 Å². The Hall–Kier alpha value is -2.04. The molecule has 0 spiro atoms. The van der Waals surface area contributed by atoms with Crippen LogP contribution < -0.4 is 5.32 Å². The van der Waals surface area contributed by atoms with Gasteiger partial charge in [0.2, 0.25) is 0 Å². The Kier molecular flexibility index (Phi) is 6.49. The van der Waals surface area contributed by atoms with Crippen LogP contribution in [0.1, 0.15) is 30.9 Å². The van der Waals surface area contributed by atoms with Gasteiger partial charge in [-0.15, -0.1) is 0 Å². The standard InChI is InChI=1S/C11H17N.C2H2O4/c1-8(2)10-6-5-9(3)11(7-10)12-4;3-1(4)2(5)6/h5-8,12H,1-4H3;(H,3,4)(H,5,6). The van der Waals surface area contributed by atoms with Gasteiger partial charge in [0.1, 0.15) is 0 Å². The molecule has 0 amide bonds. The molecule has 0 radical (unpaired) electrons. The lowest BCUT2D eigenvalue weighted by Crippen LogP contribution is -2.09. The molecule has 18 heavy (non-hydrogen) atoms. The van der Waals surface area contributed by atoms with Crippen LogP contribution in [0.2, 0.25) is 0 Å². The second-order valence-electron chi connectivity index (χ2n) is 4.09. The first kappa shape index (κ1) is 16.0. The van der Waals surface area contributed by atoms with Gasteiger partial charge in [0, 0.05) is 12.7 Å². The van der Waals surface area contributed by atoms with E-state index in [1.54, 1.807) is 0 Å². The number of hydrogen-bond donors (Lipinski definition) is 3. The van der Waals surface area contributed by atoms with Crippen molar-refractivity contribution in [1.82, 2.24) is 0 Å². The van der Waals surface area contributed by atoms with Crippen LogP contribution in [0.25, 0.3) is 0 Å². The third kappa shape index (κ3) is 5.34. The Balaban J connectivity index is 0.000000411. The fourth-order valence-corrected chi connectivity index (χ4v) is 1.27. The molecule has 0 aromatic heterocycles. The SMILES string of the molecule is CNc1cc(C(C)C)ccc1C.O=C(O)C(=O)O. The third-order valence-corrected chi connectivity index (χ3v) is 2.38. The summed E-state index contributed by atoms with van der Waals surface area (Å²) in [6.45, 7) is 6.55. The van der Waals surface area contributed by atoms with Crippen LogP contribution in [0.3, 0.4) is 0 Å². The van der Waals surface area contributed by atoms with Gasteiger partial charge in [-0.1, -0.05) is 26.0 Å². The minimum atomic E-state index is -1.82. The molecule has 0 atom stereocenters. The summed E-state index contributed by atoms with van der Waals surface area (Å²) < 4.78 is 0. The van der Waals surface area contributed by atoms with Gasteiger partial charge in [-0.2, -0.15) is 0 Å². The second-order valence-corrected chi connectivity index (χ2v) is 4.09. The minimum absolute atomic E-state index is 0.609. The molecular weight excluding hydrogens is 234 g/mol. The Bertz CT molecular complexity index is 415. The highest BCUT2D eigenvalue weighted by Gasteiger charge is 2.04. The summed E-state index contributed by atoms with van der Waals surface area (Å²) >= 11 is 0. The van der Waals surface area contributed by atoms with Gasteiger partial charge in [-0.05, 0) is 30.0 Å². The number of rotatable bonds is 2. The van der Waals surface area contributed by atoms with E-state index in [9.17, 15) is 0 Å². The largest absolute Gasteiger partial charge is 0.473 e. The number of hydrogen-bond acceptors (Lipinski definition) is 3. The molecule has 0 aliphatic rings. The van der Waals surface area contributed by atoms with E-state index < -0.39 is 11.9 Å². The highest BCUT2D eigenvalue weighted by molar-refractivity contribution is 6.27. The highest BCUT2D eigenvalue weighted by Crippen LogP contribution is 2.21. The fraction of sp³-hybridized carbons (Fsp3) is 0.385. The average molecular weight is 253 g/mol. The van der Waals surface area contributed by atoms with Gasteiger partial charge >= 0.3 is 11.9 Å². The van der Waals surface area contributed by atoms with Crippen molar-refractivity contribution < 1.29 is 19.8 Å². The van der Waals surface area contributed by atoms with Crippen molar-refractivity contribution in [3.05, 3.63) is 29.3 Å². The molecule has 0 fully saturated rings. The van der Waals surface area contributed by atoms with E-state index in [1.165, 1.54) is 16.8 Å². The number of aryl methyl sites for hydroxylation is 1. The zero-order valence-electron chi connectivity index (χ0n) is 11.0. The zero-order chi connectivity index (χ0) is 14.3. The van der Waals surface area contributed by atoms with Crippen LogP contribution in [0.15, 0.2) is 18.2 Å². The van der Waals surface area contributed by atoms with Crippen LogP contribution in [-0.2, 0) is 9.59 Å². The molecule has 1 aromatic carbocycles. The molecule has 5 heteroatoms. The van der Waals surface area contributed by atoms with Crippen LogP contribution in [0.5, 0.6) is 0 Å². The second kappa shape index (κ2) is 7.32. The van der Waals surface area contributed by atoms with E-state index >= 15 is 0 Å². The molecule has 0 heterocycles. The molecule has 1 rings (SSSR count). The molecule has 1 aromatic rings. The maximum Gasteiger partial charge on any atom is 0.414 e. The summed E-state index contributed by atoms with van der Waals surface area (Å²) in [5.41, 5.74) is 3.94. The first-order valence-electron chi connectivity index (χ1n) is 5.54. The molecule has 0 aliphatic carbocycles. The minimum Gasteiger partial charge on any atom is -0.473 e. The number of benzene rings is 1. The summed E-state index contributed by atoms with van der Waals surface area (Å²) in [5, 5.41) is 18.0. The van der Waals surface area contributed by atoms with E-state index in [2.05, 4.69) is 44.3 Å². The van der Waals surface area contributed by atoms with Gasteiger partial charge in [-0.25, -0.2) is 9.59 Å². The van der Waals surface area contributed by atoms with E-state index in [0.717, 1.165) is 0 Å². The summed E-state index contributed by atoms with van der Waals surface area (Å²) in [6, 6.07) is 6.59. The summed E-state index contributed by atoms with van der Waals surface area (Å²) in [7, 11) is 1.96. The molecule has 3 N–H and O–H groups in total. The maximum atomic E-state index is 9.10. The molecule has 100 valence electrons. The summed E-state index contributed by atoms with van der Waals surface area (Å²) in [4.78, 5) is 18.2. The van der Waals surface area contributed by atoms with E-state index in [-0.39, 0.29) is 0 Å². The molecule has 0 unspecified atom stereocenters. The smallest absolute Gasteiger partial charge is 0.414 e. The lowest BCUT2D eigenvalue weighted by Gasteiger charge is -2.10. The molecule has 0 saturated heterocycles. The summed E-state index contributed by atoms with van der Waals surface area (Å²) in [5.74, 6) is -3.04. The molecule has 0 aliphatic heterocycles. The van der Waals surface area contributed by atoms with Crippen molar-refractivity contribution in [3.63, 3.8) is 0 Å². The van der Waals surface area contributed by atoms with Gasteiger partial charge in [0.15, 0.2) is 0 Å². The number of nitrogens with one attached hydrogen (secondary N) is 1. The van der Waals surface area contributed by atoms with Crippen LogP contribution in [-0.4, -0.2) is 29.2 Å². The zero-order valence-corrected chi connectivity index (χ0v) is 11.0. The highest BCUT2D eigenvalue weighted by atomic mass is 16.4. The van der Waals surface area contributed by atoms with Crippen molar-refractivity contribution >= 4 is 17.6 Å². The van der Waals surface area contributed by atoms with E-state index in [1.807, 2.05) is 7.05 Å². The predicted molar refractivity (Wildman–Crippen MR) is 70.1 cm³/mol. The topological polar surface area (TPSA) is 86.6 Å². The first-order valence-corrected chi connectivity index (χ1v) is 5.54. The Morgan fingerprint density at radius 3 is 2.00 bits per heavy atom. The Labute approximate surface area is 106 Å². The Morgan fingerprint density at radius 2 is 1.67 bits per heavy atom. The molecule has 0 bridgehead atoms. The number of carboxylic acid groups (broad SMARTS) is 2. The summed E-state index contributed by atoms with van der Waals surface area (Å²) in [6.07, 6.45) is 0. The quantitative estimate of drug-likeness (QED) is 0.704. The normalized spacial score (nSPS) is 9.39.